The van der Waals surface area contributed by atoms with Crippen LogP contribution in [0.3, 0.4) is 0 Å². The number of aromatic nitrogens is 1. The fourth-order valence-corrected chi connectivity index (χ4v) is 2.62. The van der Waals surface area contributed by atoms with Gasteiger partial charge in [-0.3, -0.25) is 20.2 Å². The quantitative estimate of drug-likeness (QED) is 0.334. The zero-order valence-corrected chi connectivity index (χ0v) is 14.7. The van der Waals surface area contributed by atoms with Crippen LogP contribution in [-0.4, -0.2) is 14.8 Å². The van der Waals surface area contributed by atoms with Crippen molar-refractivity contribution in [3.63, 3.8) is 0 Å². The molecule has 0 saturated carbocycles. The van der Waals surface area contributed by atoms with Gasteiger partial charge in [-0.15, -0.1) is 0 Å². The first kappa shape index (κ1) is 22.4. The second kappa shape index (κ2) is 7.51. The summed E-state index contributed by atoms with van der Waals surface area (Å²) < 4.78 is 77.0. The monoisotopic (exact) mass is 470 g/mol. The largest absolute Gasteiger partial charge is 0.418 e. The molecule has 0 saturated heterocycles. The van der Waals surface area contributed by atoms with Gasteiger partial charge >= 0.3 is 23.7 Å². The lowest BCUT2D eigenvalue weighted by Crippen LogP contribution is -2.12. The number of benzene rings is 1. The van der Waals surface area contributed by atoms with Crippen LogP contribution >= 0.6 is 23.2 Å². The van der Waals surface area contributed by atoms with E-state index >= 15 is 0 Å². The first-order valence-corrected chi connectivity index (χ1v) is 7.62. The number of anilines is 2. The number of hydrogen-bond donors (Lipinski definition) is 1. The van der Waals surface area contributed by atoms with E-state index in [4.69, 9.17) is 23.2 Å². The zero-order chi connectivity index (χ0) is 22.3. The Morgan fingerprint density at radius 2 is 1.55 bits per heavy atom. The van der Waals surface area contributed by atoms with Gasteiger partial charge in [-0.1, -0.05) is 23.2 Å². The van der Waals surface area contributed by atoms with Crippen LogP contribution in [0.2, 0.25) is 10.0 Å². The van der Waals surface area contributed by atoms with Gasteiger partial charge in [-0.05, 0) is 6.07 Å². The SMILES string of the molecule is O=[N+]([O-])[13c]1[13cH][13c](C(F)(F)F)[13c](Cl)[13c]([N+](=O)[O-])[13c]1Nc1ncc(C(F)(F)F)cc1Cl. The summed E-state index contributed by atoms with van der Waals surface area (Å²) in [6.07, 6.45) is -9.85. The molecule has 0 aliphatic rings. The molecule has 29 heavy (non-hydrogen) atoms. The molecule has 1 aromatic carbocycles. The summed E-state index contributed by atoms with van der Waals surface area (Å²) in [5.74, 6) is -0.721. The fourth-order valence-electron chi connectivity index (χ4n) is 2.08. The van der Waals surface area contributed by atoms with Crippen LogP contribution in [0.1, 0.15) is 11.1 Å². The zero-order valence-electron chi connectivity index (χ0n) is 13.2. The lowest BCUT2D eigenvalue weighted by Gasteiger charge is -2.14. The molecule has 2 rings (SSSR count). The van der Waals surface area contributed by atoms with Crippen molar-refractivity contribution in [1.82, 2.24) is 4.98 Å². The van der Waals surface area contributed by atoms with Gasteiger partial charge in [0.15, 0.2) is 5.69 Å². The molecule has 1 heterocycles. The van der Waals surface area contributed by atoms with Crippen molar-refractivity contribution in [3.05, 3.63) is 59.7 Å². The summed E-state index contributed by atoms with van der Waals surface area (Å²) in [5.41, 5.74) is -7.26. The molecule has 0 bridgehead atoms. The van der Waals surface area contributed by atoms with Gasteiger partial charge in [-0.25, -0.2) is 4.98 Å². The summed E-state index contributed by atoms with van der Waals surface area (Å²) in [5, 5.41) is 22.1. The molecule has 8 nitrogen and oxygen atoms in total. The predicted molar refractivity (Wildman–Crippen MR) is 87.3 cm³/mol. The van der Waals surface area contributed by atoms with Crippen molar-refractivity contribution < 1.29 is 36.2 Å². The minimum atomic E-state index is -5.27. The number of nitro benzene ring substituents is 2. The number of hydrogen-bond acceptors (Lipinski definition) is 6. The van der Waals surface area contributed by atoms with Gasteiger partial charge in [0, 0.05) is 12.3 Å². The number of nitro groups is 2. The van der Waals surface area contributed by atoms with E-state index < -0.39 is 66.3 Å². The Balaban J connectivity index is 2.74. The normalized spacial score (nSPS) is 12.0. The van der Waals surface area contributed by atoms with Crippen molar-refractivity contribution in [1.29, 1.82) is 0 Å². The maximum atomic E-state index is 13.0. The van der Waals surface area contributed by atoms with Gasteiger partial charge < -0.3 is 5.32 Å². The Kier molecular flexibility index (Phi) is 5.81. The Labute approximate surface area is 165 Å². The molecule has 0 aliphatic heterocycles. The number of nitrogens with one attached hydrogen (secondary N) is 1. The van der Waals surface area contributed by atoms with Crippen LogP contribution < -0.4 is 5.32 Å². The molecular formula is C13H4Cl2F6N4O4. The van der Waals surface area contributed by atoms with Crippen molar-refractivity contribution >= 4 is 46.1 Å². The number of halogens is 8. The Morgan fingerprint density at radius 1 is 0.966 bits per heavy atom. The molecular weight excluding hydrogens is 467 g/mol. The molecule has 0 radical (unpaired) electrons. The molecule has 0 unspecified atom stereocenters. The van der Waals surface area contributed by atoms with Gasteiger partial charge in [0.1, 0.15) is 10.8 Å². The highest BCUT2D eigenvalue weighted by Gasteiger charge is 2.42. The third-order valence-corrected chi connectivity index (χ3v) is 3.99. The second-order valence-electron chi connectivity index (χ2n) is 5.17. The first-order chi connectivity index (χ1) is 13.1. The Morgan fingerprint density at radius 3 is 1.97 bits per heavy atom. The van der Waals surface area contributed by atoms with E-state index in [1.807, 2.05) is 5.32 Å². The van der Waals surface area contributed by atoms with Crippen LogP contribution in [0, 0.1) is 20.2 Å². The van der Waals surface area contributed by atoms with Crippen molar-refractivity contribution in [3.8, 4) is 0 Å². The third-order valence-electron chi connectivity index (χ3n) is 3.31. The molecule has 0 fully saturated rings. The minimum absolute atomic E-state index is 0.0599. The van der Waals surface area contributed by atoms with E-state index in [9.17, 15) is 46.6 Å². The van der Waals surface area contributed by atoms with Gasteiger partial charge in [0.05, 0.1) is 26.0 Å². The lowest BCUT2D eigenvalue weighted by molar-refractivity contribution is -0.392. The molecule has 1 N–H and O–H groups in total. The van der Waals surface area contributed by atoms with E-state index in [-0.39, 0.29) is 12.3 Å². The molecule has 16 heteroatoms. The molecule has 2 aromatic rings. The summed E-state index contributed by atoms with van der Waals surface area (Å²) in [6.45, 7) is 0. The van der Waals surface area contributed by atoms with Crippen LogP contribution in [0.5, 0.6) is 0 Å². The number of nitrogens with zero attached hydrogens (tertiary/aromatic N) is 3. The van der Waals surface area contributed by atoms with E-state index in [0.29, 0.717) is 6.07 Å². The lowest BCUT2D eigenvalue weighted by atomic mass is 10.3. The van der Waals surface area contributed by atoms with Crippen LogP contribution in [0.25, 0.3) is 0 Å². The minimum Gasteiger partial charge on any atom is -0.328 e. The van der Waals surface area contributed by atoms with Gasteiger partial charge in [0.25, 0.3) is 0 Å². The standard InChI is InChI=1S/C13H4Cl2F6N4O4/c14-6-1-4(12(16,17)18)3-22-11(6)23-9-7(24(26)27)2-5(13(19,20)21)8(15)10(9)25(28)29/h1-3H,(H,22,23)/i2+1,5+1,7+1,8+1,9+1,10+1. The smallest absolute Gasteiger partial charge is 0.328 e. The molecule has 1 aromatic heterocycles. The summed E-state index contributed by atoms with van der Waals surface area (Å²) >= 11 is 11.1. The fraction of sp³-hybridized carbons (Fsp3) is 0.154. The highest BCUT2D eigenvalue weighted by atomic mass is 35.5. The Bertz CT molecular complexity index is 1010. The van der Waals surface area contributed by atoms with E-state index in [1.165, 1.54) is 0 Å². The topological polar surface area (TPSA) is 111 Å². The number of rotatable bonds is 4. The van der Waals surface area contributed by atoms with Crippen LogP contribution in [-0.2, 0) is 12.4 Å². The number of alkyl halides is 6. The van der Waals surface area contributed by atoms with Gasteiger partial charge in [0.2, 0.25) is 0 Å². The van der Waals surface area contributed by atoms with Gasteiger partial charge in [-0.2, -0.15) is 26.3 Å². The molecule has 0 atom stereocenters. The molecule has 156 valence electrons. The summed E-state index contributed by atoms with van der Waals surface area (Å²) in [7, 11) is 0. The highest BCUT2D eigenvalue weighted by molar-refractivity contribution is 6.35. The average molecular weight is 471 g/mol. The average Bonchev–Trinajstić information content (AvgIpc) is 2.53. The highest BCUT2D eigenvalue weighted by Crippen LogP contribution is 2.48. The van der Waals surface area contributed by atoms with Crippen molar-refractivity contribution in [2.45, 2.75) is 12.4 Å². The molecule has 0 aliphatic carbocycles. The number of pyridine rings is 1. The van der Waals surface area contributed by atoms with Crippen molar-refractivity contribution in [2.75, 3.05) is 5.32 Å². The van der Waals surface area contributed by atoms with E-state index in [0.717, 1.165) is 0 Å². The van der Waals surface area contributed by atoms with Crippen LogP contribution in [0.4, 0.5) is 49.2 Å². The van der Waals surface area contributed by atoms with E-state index in [1.54, 1.807) is 0 Å². The maximum Gasteiger partial charge on any atom is 0.418 e. The summed E-state index contributed by atoms with van der Waals surface area (Å²) in [6, 6.07) is 0.301. The second-order valence-corrected chi connectivity index (χ2v) is 5.96. The van der Waals surface area contributed by atoms with Crippen molar-refractivity contribution in [2.24, 2.45) is 0 Å². The molecule has 0 spiro atoms. The van der Waals surface area contributed by atoms with Crippen LogP contribution in [0.15, 0.2) is 18.3 Å². The first-order valence-electron chi connectivity index (χ1n) is 6.86. The summed E-state index contributed by atoms with van der Waals surface area (Å²) in [4.78, 5) is 22.9. The Hall–Kier alpha value is -2.87. The third kappa shape index (κ3) is 4.59. The predicted octanol–water partition coefficient (Wildman–Crippen LogP) is 5.99. The maximum absolute atomic E-state index is 13.0. The van der Waals surface area contributed by atoms with E-state index in [2.05, 4.69) is 4.98 Å². The molecule has 0 amide bonds.